The number of H-pyrrole nitrogens is 1. The molecule has 1 aromatic heterocycles. The Hall–Kier alpha value is -2.79. The van der Waals surface area contributed by atoms with Crippen LogP contribution < -0.4 is 15.6 Å². The van der Waals surface area contributed by atoms with E-state index in [1.807, 2.05) is 54.6 Å². The first kappa shape index (κ1) is 15.1. The topological polar surface area (TPSA) is 74.4 Å². The molecule has 0 unspecified atom stereocenters. The van der Waals surface area contributed by atoms with E-state index in [0.29, 0.717) is 17.9 Å². The molecular weight excluding hydrogens is 292 g/mol. The number of para-hydroxylation sites is 1. The van der Waals surface area contributed by atoms with Crippen LogP contribution in [0.4, 0.5) is 5.69 Å². The Morgan fingerprint density at radius 2 is 1.87 bits per heavy atom. The lowest BCUT2D eigenvalue weighted by Crippen LogP contribution is -2.15. The van der Waals surface area contributed by atoms with Crippen LogP contribution in [0.25, 0.3) is 10.9 Å². The average Bonchev–Trinajstić information content (AvgIpc) is 2.59. The van der Waals surface area contributed by atoms with Crippen molar-refractivity contribution in [2.45, 2.75) is 6.54 Å². The Kier molecular flexibility index (Phi) is 4.59. The fourth-order valence-corrected chi connectivity index (χ4v) is 2.35. The molecule has 0 saturated heterocycles. The van der Waals surface area contributed by atoms with Gasteiger partial charge in [-0.1, -0.05) is 18.2 Å². The van der Waals surface area contributed by atoms with Crippen LogP contribution >= 0.6 is 0 Å². The SMILES string of the molecule is O=c1[nH]c2ccccc2cc1CNc1ccc(OCCO)cc1. The van der Waals surface area contributed by atoms with Crippen molar-refractivity contribution in [1.29, 1.82) is 0 Å². The second kappa shape index (κ2) is 6.98. The lowest BCUT2D eigenvalue weighted by atomic mass is 10.1. The van der Waals surface area contributed by atoms with Crippen LogP contribution in [-0.4, -0.2) is 23.3 Å². The van der Waals surface area contributed by atoms with Gasteiger partial charge in [-0.25, -0.2) is 0 Å². The van der Waals surface area contributed by atoms with Gasteiger partial charge in [-0.3, -0.25) is 4.79 Å². The van der Waals surface area contributed by atoms with Gasteiger partial charge in [0.1, 0.15) is 12.4 Å². The van der Waals surface area contributed by atoms with E-state index in [1.54, 1.807) is 0 Å². The van der Waals surface area contributed by atoms with Crippen molar-refractivity contribution in [3.63, 3.8) is 0 Å². The minimum absolute atomic E-state index is 0.00918. The van der Waals surface area contributed by atoms with Crippen LogP contribution in [0.2, 0.25) is 0 Å². The minimum Gasteiger partial charge on any atom is -0.491 e. The fraction of sp³-hybridized carbons (Fsp3) is 0.167. The quantitative estimate of drug-likeness (QED) is 0.654. The van der Waals surface area contributed by atoms with E-state index < -0.39 is 0 Å². The monoisotopic (exact) mass is 310 g/mol. The number of benzene rings is 2. The van der Waals surface area contributed by atoms with E-state index in [-0.39, 0.29) is 18.8 Å². The van der Waals surface area contributed by atoms with Crippen LogP contribution in [0.5, 0.6) is 5.75 Å². The van der Waals surface area contributed by atoms with Crippen molar-refractivity contribution in [1.82, 2.24) is 4.98 Å². The lowest BCUT2D eigenvalue weighted by Gasteiger charge is -2.09. The van der Waals surface area contributed by atoms with Crippen molar-refractivity contribution < 1.29 is 9.84 Å². The molecule has 0 radical (unpaired) electrons. The van der Waals surface area contributed by atoms with E-state index in [1.165, 1.54) is 0 Å². The number of aromatic amines is 1. The normalized spacial score (nSPS) is 10.7. The van der Waals surface area contributed by atoms with E-state index in [4.69, 9.17) is 9.84 Å². The molecule has 0 spiro atoms. The highest BCUT2D eigenvalue weighted by Gasteiger charge is 2.03. The summed E-state index contributed by atoms with van der Waals surface area (Å²) < 4.78 is 5.31. The molecule has 0 aliphatic heterocycles. The summed E-state index contributed by atoms with van der Waals surface area (Å²) in [5.41, 5.74) is 2.34. The van der Waals surface area contributed by atoms with Crippen molar-refractivity contribution in [2.24, 2.45) is 0 Å². The summed E-state index contributed by atoms with van der Waals surface area (Å²) in [7, 11) is 0. The average molecular weight is 310 g/mol. The summed E-state index contributed by atoms with van der Waals surface area (Å²) in [5, 5.41) is 13.0. The van der Waals surface area contributed by atoms with Gasteiger partial charge in [0.25, 0.3) is 5.56 Å². The lowest BCUT2D eigenvalue weighted by molar-refractivity contribution is 0.201. The number of hydrogen-bond acceptors (Lipinski definition) is 4. The first-order valence-electron chi connectivity index (χ1n) is 7.45. The predicted octanol–water partition coefficient (Wildman–Crippen LogP) is 2.51. The third-order valence-electron chi connectivity index (χ3n) is 3.53. The maximum absolute atomic E-state index is 12.1. The number of aliphatic hydroxyl groups is 1. The highest BCUT2D eigenvalue weighted by atomic mass is 16.5. The molecule has 2 aromatic carbocycles. The molecule has 5 nitrogen and oxygen atoms in total. The van der Waals surface area contributed by atoms with Gasteiger partial charge in [-0.15, -0.1) is 0 Å². The van der Waals surface area contributed by atoms with Gasteiger partial charge in [0.05, 0.1) is 6.61 Å². The Balaban J connectivity index is 1.70. The van der Waals surface area contributed by atoms with E-state index in [0.717, 1.165) is 16.6 Å². The van der Waals surface area contributed by atoms with Gasteiger partial charge in [0.2, 0.25) is 0 Å². The molecule has 5 heteroatoms. The number of anilines is 1. The Morgan fingerprint density at radius 1 is 1.09 bits per heavy atom. The predicted molar refractivity (Wildman–Crippen MR) is 90.9 cm³/mol. The summed E-state index contributed by atoms with van der Waals surface area (Å²) in [6.45, 7) is 0.709. The van der Waals surface area contributed by atoms with Crippen LogP contribution in [0.1, 0.15) is 5.56 Å². The van der Waals surface area contributed by atoms with Gasteiger partial charge < -0.3 is 20.1 Å². The summed E-state index contributed by atoms with van der Waals surface area (Å²) in [5.74, 6) is 0.702. The number of nitrogens with one attached hydrogen (secondary N) is 2. The van der Waals surface area contributed by atoms with Gasteiger partial charge in [0, 0.05) is 23.3 Å². The molecule has 0 fully saturated rings. The maximum atomic E-state index is 12.1. The summed E-state index contributed by atoms with van der Waals surface area (Å²) >= 11 is 0. The standard InChI is InChI=1S/C18H18N2O3/c21-9-10-23-16-7-5-15(6-8-16)19-12-14-11-13-3-1-2-4-17(13)20-18(14)22/h1-8,11,19,21H,9-10,12H2,(H,20,22). The minimum atomic E-state index is -0.0842. The Morgan fingerprint density at radius 3 is 2.65 bits per heavy atom. The van der Waals surface area contributed by atoms with Crippen molar-refractivity contribution >= 4 is 16.6 Å². The molecule has 1 heterocycles. The third kappa shape index (κ3) is 3.70. The number of ether oxygens (including phenoxy) is 1. The first-order valence-corrected chi connectivity index (χ1v) is 7.45. The van der Waals surface area contributed by atoms with E-state index in [2.05, 4.69) is 10.3 Å². The van der Waals surface area contributed by atoms with Gasteiger partial charge in [-0.05, 0) is 41.8 Å². The molecule has 0 aliphatic rings. The number of pyridine rings is 1. The summed E-state index contributed by atoms with van der Waals surface area (Å²) in [6.07, 6.45) is 0. The van der Waals surface area contributed by atoms with Crippen LogP contribution in [0.15, 0.2) is 59.4 Å². The molecule has 0 bridgehead atoms. The molecular formula is C18H18N2O3. The smallest absolute Gasteiger partial charge is 0.253 e. The zero-order valence-electron chi connectivity index (χ0n) is 12.6. The molecule has 3 rings (SSSR count). The number of fused-ring (bicyclic) bond motifs is 1. The van der Waals surface area contributed by atoms with Crippen LogP contribution in [-0.2, 0) is 6.54 Å². The van der Waals surface area contributed by atoms with E-state index in [9.17, 15) is 4.79 Å². The number of aliphatic hydroxyl groups excluding tert-OH is 1. The largest absolute Gasteiger partial charge is 0.491 e. The second-order valence-electron chi connectivity index (χ2n) is 5.16. The Bertz CT molecular complexity index is 841. The highest BCUT2D eigenvalue weighted by Crippen LogP contribution is 2.16. The van der Waals surface area contributed by atoms with Crippen LogP contribution in [0, 0.1) is 0 Å². The molecule has 23 heavy (non-hydrogen) atoms. The highest BCUT2D eigenvalue weighted by molar-refractivity contribution is 5.78. The molecule has 118 valence electrons. The van der Waals surface area contributed by atoms with E-state index >= 15 is 0 Å². The zero-order valence-corrected chi connectivity index (χ0v) is 12.6. The zero-order chi connectivity index (χ0) is 16.1. The number of aromatic nitrogens is 1. The van der Waals surface area contributed by atoms with Gasteiger partial charge in [0.15, 0.2) is 0 Å². The molecule has 0 aliphatic carbocycles. The summed E-state index contributed by atoms with van der Waals surface area (Å²) in [6, 6.07) is 17.0. The molecule has 3 N–H and O–H groups in total. The van der Waals surface area contributed by atoms with Gasteiger partial charge >= 0.3 is 0 Å². The first-order chi connectivity index (χ1) is 11.3. The maximum Gasteiger partial charge on any atom is 0.253 e. The van der Waals surface area contributed by atoms with Crippen LogP contribution in [0.3, 0.4) is 0 Å². The van der Waals surface area contributed by atoms with Crippen molar-refractivity contribution in [3.8, 4) is 5.75 Å². The summed E-state index contributed by atoms with van der Waals surface area (Å²) in [4.78, 5) is 15.0. The second-order valence-corrected chi connectivity index (χ2v) is 5.16. The number of rotatable bonds is 6. The van der Waals surface area contributed by atoms with Crippen molar-refractivity contribution in [2.75, 3.05) is 18.5 Å². The molecule has 0 atom stereocenters. The third-order valence-corrected chi connectivity index (χ3v) is 3.53. The molecule has 0 amide bonds. The number of hydrogen-bond donors (Lipinski definition) is 3. The molecule has 3 aromatic rings. The van der Waals surface area contributed by atoms with Gasteiger partial charge in [-0.2, -0.15) is 0 Å². The Labute approximate surface area is 133 Å². The molecule has 0 saturated carbocycles. The fourth-order valence-electron chi connectivity index (χ4n) is 2.35. The van der Waals surface area contributed by atoms with Crippen molar-refractivity contribution in [3.05, 3.63) is 70.5 Å².